The first-order chi connectivity index (χ1) is 15.2. The van der Waals surface area contributed by atoms with Crippen molar-refractivity contribution in [1.29, 1.82) is 0 Å². The number of fused-ring (bicyclic) bond motifs is 1. The number of carbonyl (C=O) groups is 1. The minimum atomic E-state index is 0.111. The highest BCUT2D eigenvalue weighted by atomic mass is 16.5. The van der Waals surface area contributed by atoms with Crippen LogP contribution in [0.15, 0.2) is 54.6 Å². The summed E-state index contributed by atoms with van der Waals surface area (Å²) >= 11 is 0. The van der Waals surface area contributed by atoms with E-state index in [0.29, 0.717) is 0 Å². The molecular weight excluding hydrogens is 386 g/mol. The van der Waals surface area contributed by atoms with Crippen LogP contribution < -0.4 is 4.74 Å². The molecule has 0 bridgehead atoms. The Bertz CT molecular complexity index is 1070. The van der Waals surface area contributed by atoms with E-state index in [-0.39, 0.29) is 5.91 Å². The number of pyridine rings is 1. The van der Waals surface area contributed by atoms with E-state index in [1.807, 2.05) is 59.5 Å². The second-order valence-corrected chi connectivity index (χ2v) is 8.57. The highest BCUT2D eigenvalue weighted by molar-refractivity contribution is 6.07. The summed E-state index contributed by atoms with van der Waals surface area (Å²) in [6, 6.07) is 18.4. The molecule has 3 aromatic rings. The first-order valence-corrected chi connectivity index (χ1v) is 11.3. The van der Waals surface area contributed by atoms with E-state index in [1.54, 1.807) is 7.11 Å². The van der Waals surface area contributed by atoms with E-state index < -0.39 is 0 Å². The number of carbonyl (C=O) groups excluding carboxylic acids is 1. The third-order valence-corrected chi connectivity index (χ3v) is 6.77. The van der Waals surface area contributed by atoms with Gasteiger partial charge in [0.05, 0.1) is 23.9 Å². The SMILES string of the molecule is COc1ccc(-c2cc(C(=O)N3CCN(C4CCCC4)CC3)c3ccccc3n2)cc1. The van der Waals surface area contributed by atoms with E-state index in [2.05, 4.69) is 4.90 Å². The Hall–Kier alpha value is -2.92. The fraction of sp³-hybridized carbons (Fsp3) is 0.385. The fourth-order valence-corrected chi connectivity index (χ4v) is 4.99. The summed E-state index contributed by atoms with van der Waals surface area (Å²) in [5, 5.41) is 0.919. The summed E-state index contributed by atoms with van der Waals surface area (Å²) in [5.41, 5.74) is 3.38. The minimum absolute atomic E-state index is 0.111. The van der Waals surface area contributed by atoms with E-state index in [1.165, 1.54) is 25.7 Å². The smallest absolute Gasteiger partial charge is 0.254 e. The van der Waals surface area contributed by atoms with Crippen LogP contribution in [0.5, 0.6) is 5.75 Å². The predicted molar refractivity (Wildman–Crippen MR) is 123 cm³/mol. The van der Waals surface area contributed by atoms with Crippen LogP contribution in [-0.2, 0) is 0 Å². The lowest BCUT2D eigenvalue weighted by Gasteiger charge is -2.38. The molecule has 0 unspecified atom stereocenters. The quantitative estimate of drug-likeness (QED) is 0.624. The standard InChI is InChI=1S/C26H29N3O2/c1-31-21-12-10-19(11-13-21)25-18-23(22-8-4-5-9-24(22)27-25)26(30)29-16-14-28(15-17-29)20-6-2-3-7-20/h4-5,8-13,18,20H,2-3,6-7,14-17H2,1H3. The maximum atomic E-state index is 13.6. The molecule has 1 amide bonds. The fourth-order valence-electron chi connectivity index (χ4n) is 4.99. The number of nitrogens with zero attached hydrogens (tertiary/aromatic N) is 3. The van der Waals surface area contributed by atoms with E-state index >= 15 is 0 Å². The molecule has 160 valence electrons. The van der Waals surface area contributed by atoms with Gasteiger partial charge in [-0.2, -0.15) is 0 Å². The maximum absolute atomic E-state index is 13.6. The van der Waals surface area contributed by atoms with Gasteiger partial charge in [-0.15, -0.1) is 0 Å². The molecule has 2 aromatic carbocycles. The summed E-state index contributed by atoms with van der Waals surface area (Å²) in [4.78, 5) is 23.0. The first kappa shape index (κ1) is 20.0. The van der Waals surface area contributed by atoms with Gasteiger partial charge in [0, 0.05) is 43.2 Å². The number of ether oxygens (including phenoxy) is 1. The van der Waals surface area contributed by atoms with Crippen molar-refractivity contribution in [2.75, 3.05) is 33.3 Å². The predicted octanol–water partition coefficient (Wildman–Crippen LogP) is 4.61. The third-order valence-electron chi connectivity index (χ3n) is 6.77. The highest BCUT2D eigenvalue weighted by Gasteiger charge is 2.29. The molecule has 5 heteroatoms. The number of benzene rings is 2. The summed E-state index contributed by atoms with van der Waals surface area (Å²) in [7, 11) is 1.66. The van der Waals surface area contributed by atoms with Crippen LogP contribution in [0.1, 0.15) is 36.0 Å². The lowest BCUT2D eigenvalue weighted by molar-refractivity contribution is 0.0575. The van der Waals surface area contributed by atoms with Gasteiger partial charge in [-0.05, 0) is 49.2 Å². The number of hydrogen-bond donors (Lipinski definition) is 0. The van der Waals surface area contributed by atoms with Crippen molar-refractivity contribution in [3.8, 4) is 17.0 Å². The first-order valence-electron chi connectivity index (χ1n) is 11.3. The van der Waals surface area contributed by atoms with Gasteiger partial charge in [0.15, 0.2) is 0 Å². The van der Waals surface area contributed by atoms with Gasteiger partial charge >= 0.3 is 0 Å². The van der Waals surface area contributed by atoms with Crippen LogP contribution in [-0.4, -0.2) is 60.0 Å². The number of rotatable bonds is 4. The highest BCUT2D eigenvalue weighted by Crippen LogP contribution is 2.28. The zero-order valence-electron chi connectivity index (χ0n) is 18.1. The average molecular weight is 416 g/mol. The van der Waals surface area contributed by atoms with Crippen molar-refractivity contribution < 1.29 is 9.53 Å². The van der Waals surface area contributed by atoms with Crippen molar-refractivity contribution in [3.05, 3.63) is 60.2 Å². The van der Waals surface area contributed by atoms with Crippen LogP contribution in [0.2, 0.25) is 0 Å². The Kier molecular flexibility index (Phi) is 5.60. The Morgan fingerprint density at radius 2 is 1.68 bits per heavy atom. The van der Waals surface area contributed by atoms with Crippen molar-refractivity contribution in [1.82, 2.24) is 14.8 Å². The summed E-state index contributed by atoms with van der Waals surface area (Å²) in [6.45, 7) is 3.54. The van der Waals surface area contributed by atoms with Gasteiger partial charge in [-0.1, -0.05) is 31.0 Å². The molecule has 0 spiro atoms. The van der Waals surface area contributed by atoms with Crippen LogP contribution in [0, 0.1) is 0 Å². The van der Waals surface area contributed by atoms with Crippen molar-refractivity contribution >= 4 is 16.8 Å². The zero-order chi connectivity index (χ0) is 21.2. The van der Waals surface area contributed by atoms with Crippen LogP contribution in [0.4, 0.5) is 0 Å². The lowest BCUT2D eigenvalue weighted by Crippen LogP contribution is -2.51. The second kappa shape index (κ2) is 8.67. The van der Waals surface area contributed by atoms with Crippen molar-refractivity contribution in [3.63, 3.8) is 0 Å². The molecule has 1 saturated carbocycles. The summed E-state index contributed by atoms with van der Waals surface area (Å²) in [6.07, 6.45) is 5.32. The maximum Gasteiger partial charge on any atom is 0.254 e. The molecule has 1 aromatic heterocycles. The van der Waals surface area contributed by atoms with Crippen LogP contribution in [0.3, 0.4) is 0 Å². The monoisotopic (exact) mass is 415 g/mol. The van der Waals surface area contributed by atoms with Gasteiger partial charge < -0.3 is 9.64 Å². The van der Waals surface area contributed by atoms with Crippen molar-refractivity contribution in [2.45, 2.75) is 31.7 Å². The molecule has 1 aliphatic heterocycles. The molecule has 2 fully saturated rings. The molecule has 0 atom stereocenters. The Balaban J connectivity index is 1.43. The second-order valence-electron chi connectivity index (χ2n) is 8.57. The van der Waals surface area contributed by atoms with Gasteiger partial charge in [-0.25, -0.2) is 4.98 Å². The number of methoxy groups -OCH3 is 1. The van der Waals surface area contributed by atoms with Crippen molar-refractivity contribution in [2.24, 2.45) is 0 Å². The molecule has 0 N–H and O–H groups in total. The molecule has 2 heterocycles. The summed E-state index contributed by atoms with van der Waals surface area (Å²) in [5.74, 6) is 0.917. The molecule has 1 aliphatic carbocycles. The molecule has 5 nitrogen and oxygen atoms in total. The Morgan fingerprint density at radius 1 is 0.968 bits per heavy atom. The molecule has 2 aliphatic rings. The molecule has 0 radical (unpaired) electrons. The Labute approximate surface area is 183 Å². The minimum Gasteiger partial charge on any atom is -0.497 e. The average Bonchev–Trinajstić information content (AvgIpc) is 3.38. The van der Waals surface area contributed by atoms with Crippen LogP contribution >= 0.6 is 0 Å². The molecular formula is C26H29N3O2. The molecule has 1 saturated heterocycles. The Morgan fingerprint density at radius 3 is 2.39 bits per heavy atom. The number of piperazine rings is 1. The largest absolute Gasteiger partial charge is 0.497 e. The number of hydrogen-bond acceptors (Lipinski definition) is 4. The lowest BCUT2D eigenvalue weighted by atomic mass is 10.0. The van der Waals surface area contributed by atoms with Gasteiger partial charge in [0.1, 0.15) is 5.75 Å². The molecule has 31 heavy (non-hydrogen) atoms. The van der Waals surface area contributed by atoms with Gasteiger partial charge in [-0.3, -0.25) is 9.69 Å². The third kappa shape index (κ3) is 4.02. The number of amides is 1. The molecule has 5 rings (SSSR count). The van der Waals surface area contributed by atoms with E-state index in [9.17, 15) is 4.79 Å². The van der Waals surface area contributed by atoms with E-state index in [4.69, 9.17) is 9.72 Å². The zero-order valence-corrected chi connectivity index (χ0v) is 18.1. The normalized spacial score (nSPS) is 17.9. The van der Waals surface area contributed by atoms with Crippen LogP contribution in [0.25, 0.3) is 22.2 Å². The number of aromatic nitrogens is 1. The van der Waals surface area contributed by atoms with Gasteiger partial charge in [0.25, 0.3) is 5.91 Å². The van der Waals surface area contributed by atoms with E-state index in [0.717, 1.165) is 65.7 Å². The topological polar surface area (TPSA) is 45.7 Å². The van der Waals surface area contributed by atoms with Gasteiger partial charge in [0.2, 0.25) is 0 Å². The summed E-state index contributed by atoms with van der Waals surface area (Å²) < 4.78 is 5.28. The number of para-hydroxylation sites is 1.